The van der Waals surface area contributed by atoms with Crippen LogP contribution >= 0.6 is 0 Å². The summed E-state index contributed by atoms with van der Waals surface area (Å²) >= 11 is -2.51. The molecule has 1 rings (SSSR count). The molecule has 0 fully saturated rings. The Morgan fingerprint density at radius 3 is 2.50 bits per heavy atom. The molecule has 1 atom stereocenters. The molecule has 0 radical (unpaired) electrons. The van der Waals surface area contributed by atoms with Crippen LogP contribution in [0.3, 0.4) is 0 Å². The Bertz CT molecular complexity index is 512. The van der Waals surface area contributed by atoms with E-state index in [-0.39, 0.29) is 16.3 Å². The Hall–Kier alpha value is -1.16. The number of nitrogens with one attached hydrogen (secondary N) is 1. The molecule has 0 saturated carbocycles. The number of rotatable bonds is 4. The van der Waals surface area contributed by atoms with Crippen molar-refractivity contribution < 1.29 is 25.9 Å². The number of hydrogen-bond donors (Lipinski definition) is 3. The van der Waals surface area contributed by atoms with E-state index in [1.807, 2.05) is 0 Å². The minimum Gasteiger partial charge on any atom is -0.385 e. The molecule has 0 amide bonds. The van der Waals surface area contributed by atoms with Gasteiger partial charge in [0.25, 0.3) is 10.1 Å². The van der Waals surface area contributed by atoms with Gasteiger partial charge in [0.05, 0.1) is 10.6 Å². The largest absolute Gasteiger partial charge is 0.385 e. The number of hydrogen-bond acceptors (Lipinski definition) is 5. The molecule has 0 saturated heterocycles. The highest BCUT2D eigenvalue weighted by molar-refractivity contribution is 7.85. The van der Waals surface area contributed by atoms with Gasteiger partial charge >= 0.3 is 11.4 Å². The van der Waals surface area contributed by atoms with E-state index in [0.717, 1.165) is 18.2 Å². The van der Waals surface area contributed by atoms with Crippen molar-refractivity contribution in [1.29, 1.82) is 0 Å². The molecule has 9 heteroatoms. The van der Waals surface area contributed by atoms with Crippen LogP contribution in [-0.2, 0) is 21.5 Å². The van der Waals surface area contributed by atoms with Gasteiger partial charge in [-0.1, -0.05) is 0 Å². The van der Waals surface area contributed by atoms with E-state index >= 15 is 0 Å². The molecule has 1 aromatic rings. The standard InChI is InChI=1S/C7H9NO6S2/c1-8-6-4-5(16(11,12)13)2-3-7(6)14-15(9)10/h2-4,8H,1H3,(H,9,10)(H,11,12,13). The molecule has 0 aliphatic rings. The minimum absolute atomic E-state index is 0.00395. The van der Waals surface area contributed by atoms with E-state index in [0.29, 0.717) is 0 Å². The lowest BCUT2D eigenvalue weighted by atomic mass is 10.3. The van der Waals surface area contributed by atoms with Gasteiger partial charge in [0, 0.05) is 7.05 Å². The van der Waals surface area contributed by atoms with Crippen LogP contribution in [0.2, 0.25) is 0 Å². The van der Waals surface area contributed by atoms with Gasteiger partial charge in [-0.3, -0.25) is 9.11 Å². The quantitative estimate of drug-likeness (QED) is 0.537. The van der Waals surface area contributed by atoms with Crippen molar-refractivity contribution >= 4 is 27.2 Å². The molecule has 7 nitrogen and oxygen atoms in total. The number of benzene rings is 1. The zero-order chi connectivity index (χ0) is 12.3. The molecule has 90 valence electrons. The van der Waals surface area contributed by atoms with Gasteiger partial charge in [0.15, 0.2) is 5.75 Å². The zero-order valence-electron chi connectivity index (χ0n) is 8.08. The van der Waals surface area contributed by atoms with Crippen LogP contribution in [0, 0.1) is 0 Å². The summed E-state index contributed by atoms with van der Waals surface area (Å²) in [5.74, 6) is -0.00395. The third-order valence-corrected chi connectivity index (χ3v) is 2.85. The van der Waals surface area contributed by atoms with E-state index in [2.05, 4.69) is 9.50 Å². The SMILES string of the molecule is CNc1cc(S(=O)(=O)O)ccc1OS(=O)O. The summed E-state index contributed by atoms with van der Waals surface area (Å²) in [6, 6.07) is 3.29. The Balaban J connectivity index is 3.22. The van der Waals surface area contributed by atoms with Gasteiger partial charge in [-0.25, -0.2) is 0 Å². The normalized spacial score (nSPS) is 13.2. The zero-order valence-corrected chi connectivity index (χ0v) is 9.71. The summed E-state index contributed by atoms with van der Waals surface area (Å²) in [6.45, 7) is 0. The van der Waals surface area contributed by atoms with Crippen molar-refractivity contribution in [1.82, 2.24) is 0 Å². The highest BCUT2D eigenvalue weighted by Gasteiger charge is 2.13. The van der Waals surface area contributed by atoms with Crippen LogP contribution < -0.4 is 9.50 Å². The molecule has 3 N–H and O–H groups in total. The molecular formula is C7H9NO6S2. The lowest BCUT2D eigenvalue weighted by Crippen LogP contribution is -2.04. The fraction of sp³-hybridized carbons (Fsp3) is 0.143. The fourth-order valence-electron chi connectivity index (χ4n) is 1.01. The molecule has 1 aromatic carbocycles. The summed E-state index contributed by atoms with van der Waals surface area (Å²) in [5, 5.41) is 2.57. The van der Waals surface area contributed by atoms with E-state index in [4.69, 9.17) is 9.11 Å². The summed E-state index contributed by atoms with van der Waals surface area (Å²) in [7, 11) is -2.85. The van der Waals surface area contributed by atoms with Crippen LogP contribution in [0.5, 0.6) is 5.75 Å². The topological polar surface area (TPSA) is 113 Å². The predicted octanol–water partition coefficient (Wildman–Crippen LogP) is 0.490. The average Bonchev–Trinajstić information content (AvgIpc) is 2.15. The van der Waals surface area contributed by atoms with E-state index in [1.165, 1.54) is 7.05 Å². The van der Waals surface area contributed by atoms with Crippen LogP contribution in [0.15, 0.2) is 23.1 Å². The average molecular weight is 267 g/mol. The number of anilines is 1. The molecular weight excluding hydrogens is 258 g/mol. The highest BCUT2D eigenvalue weighted by atomic mass is 32.2. The van der Waals surface area contributed by atoms with Crippen LogP contribution in [-0.4, -0.2) is 28.8 Å². The third-order valence-electron chi connectivity index (χ3n) is 1.68. The molecule has 1 unspecified atom stereocenters. The molecule has 0 bridgehead atoms. The van der Waals surface area contributed by atoms with Gasteiger partial charge < -0.3 is 9.50 Å². The van der Waals surface area contributed by atoms with Gasteiger partial charge in [-0.15, -0.1) is 0 Å². The van der Waals surface area contributed by atoms with Crippen molar-refractivity contribution in [3.05, 3.63) is 18.2 Å². The van der Waals surface area contributed by atoms with Crippen LogP contribution in [0.4, 0.5) is 5.69 Å². The first-order valence-electron chi connectivity index (χ1n) is 3.93. The van der Waals surface area contributed by atoms with Crippen LogP contribution in [0.1, 0.15) is 0 Å². The second kappa shape index (κ2) is 4.78. The van der Waals surface area contributed by atoms with E-state index < -0.39 is 21.5 Å². The first-order valence-corrected chi connectivity index (χ1v) is 6.40. The van der Waals surface area contributed by atoms with E-state index in [9.17, 15) is 12.6 Å². The molecule has 0 aliphatic heterocycles. The second-order valence-corrected chi connectivity index (χ2v) is 4.71. The maximum Gasteiger partial charge on any atom is 0.357 e. The summed E-state index contributed by atoms with van der Waals surface area (Å²) < 4.78 is 53.8. The van der Waals surface area contributed by atoms with Gasteiger partial charge in [0.1, 0.15) is 0 Å². The van der Waals surface area contributed by atoms with E-state index in [1.54, 1.807) is 0 Å². The second-order valence-electron chi connectivity index (χ2n) is 2.68. The predicted molar refractivity (Wildman–Crippen MR) is 57.2 cm³/mol. The maximum absolute atomic E-state index is 10.8. The summed E-state index contributed by atoms with van der Waals surface area (Å²) in [5.41, 5.74) is 0.164. The molecule has 16 heavy (non-hydrogen) atoms. The first-order chi connectivity index (χ1) is 7.34. The van der Waals surface area contributed by atoms with Gasteiger partial charge in [-0.2, -0.15) is 12.6 Å². The lowest BCUT2D eigenvalue weighted by molar-refractivity contribution is 0.458. The summed E-state index contributed by atoms with van der Waals surface area (Å²) in [6.07, 6.45) is 0. The Labute approximate surface area is 94.7 Å². The Morgan fingerprint density at radius 1 is 1.44 bits per heavy atom. The molecule has 0 aliphatic carbocycles. The molecule has 0 aromatic heterocycles. The summed E-state index contributed by atoms with van der Waals surface area (Å²) in [4.78, 5) is -0.340. The molecule has 0 heterocycles. The first kappa shape index (κ1) is 12.9. The highest BCUT2D eigenvalue weighted by Crippen LogP contribution is 2.27. The van der Waals surface area contributed by atoms with Crippen molar-refractivity contribution in [2.45, 2.75) is 4.90 Å². The van der Waals surface area contributed by atoms with Crippen molar-refractivity contribution in [2.75, 3.05) is 12.4 Å². The smallest absolute Gasteiger partial charge is 0.357 e. The fourth-order valence-corrected chi connectivity index (χ4v) is 1.82. The monoisotopic (exact) mass is 267 g/mol. The molecule has 0 spiro atoms. The van der Waals surface area contributed by atoms with Crippen LogP contribution in [0.25, 0.3) is 0 Å². The third kappa shape index (κ3) is 3.17. The van der Waals surface area contributed by atoms with Gasteiger partial charge in [-0.05, 0) is 18.2 Å². The van der Waals surface area contributed by atoms with Crippen molar-refractivity contribution in [2.24, 2.45) is 0 Å². The Kier molecular flexibility index (Phi) is 3.86. The van der Waals surface area contributed by atoms with Gasteiger partial charge in [0.2, 0.25) is 0 Å². The minimum atomic E-state index is -4.31. The lowest BCUT2D eigenvalue weighted by Gasteiger charge is -2.08. The Morgan fingerprint density at radius 2 is 2.06 bits per heavy atom. The van der Waals surface area contributed by atoms with Crippen molar-refractivity contribution in [3.63, 3.8) is 0 Å². The van der Waals surface area contributed by atoms with Crippen molar-refractivity contribution in [3.8, 4) is 5.75 Å². The maximum atomic E-state index is 10.8.